The number of hydrogen-bond acceptors (Lipinski definition) is 7. The summed E-state index contributed by atoms with van der Waals surface area (Å²) in [5.74, 6) is 2.80. The van der Waals surface area contributed by atoms with Gasteiger partial charge in [0.15, 0.2) is 5.65 Å². The van der Waals surface area contributed by atoms with Crippen LogP contribution in [0, 0.1) is 6.92 Å². The van der Waals surface area contributed by atoms with E-state index in [9.17, 15) is 4.79 Å². The highest BCUT2D eigenvalue weighted by molar-refractivity contribution is 5.95. The molecule has 2 aromatic carbocycles. The molecule has 2 saturated heterocycles. The normalized spacial score (nSPS) is 16.7. The number of methoxy groups -OCH3 is 1. The third-order valence-electron chi connectivity index (χ3n) is 7.49. The number of hydrogen-bond donors (Lipinski definition) is 0. The van der Waals surface area contributed by atoms with Gasteiger partial charge in [0.25, 0.3) is 5.91 Å². The number of benzene rings is 2. The van der Waals surface area contributed by atoms with E-state index in [0.717, 1.165) is 65.9 Å². The maximum Gasteiger partial charge on any atom is 0.253 e. The molecule has 0 N–H and O–H groups in total. The highest BCUT2D eigenvalue weighted by atomic mass is 16.5. The van der Waals surface area contributed by atoms with Gasteiger partial charge < -0.3 is 19.3 Å². The van der Waals surface area contributed by atoms with Crippen molar-refractivity contribution in [2.24, 2.45) is 0 Å². The smallest absolute Gasteiger partial charge is 0.253 e. The molecular weight excluding hydrogens is 480 g/mol. The highest BCUT2D eigenvalue weighted by Crippen LogP contribution is 2.33. The van der Waals surface area contributed by atoms with Crippen LogP contribution in [0.15, 0.2) is 54.6 Å². The molecule has 6 rings (SSSR count). The Morgan fingerprint density at radius 1 is 0.947 bits per heavy atom. The van der Waals surface area contributed by atoms with E-state index >= 15 is 0 Å². The number of nitrogens with zero attached hydrogens (tertiary/aromatic N) is 6. The van der Waals surface area contributed by atoms with E-state index in [1.54, 1.807) is 7.11 Å². The maximum atomic E-state index is 13.1. The fraction of sp³-hybridized carbons (Fsp3) is 0.379. The first-order valence-electron chi connectivity index (χ1n) is 13.2. The van der Waals surface area contributed by atoms with Crippen LogP contribution in [0.5, 0.6) is 5.75 Å². The van der Waals surface area contributed by atoms with Crippen LogP contribution in [-0.4, -0.2) is 77.1 Å². The molecule has 196 valence electrons. The molecule has 4 heterocycles. The molecule has 0 unspecified atom stereocenters. The Bertz CT molecular complexity index is 1420. The summed E-state index contributed by atoms with van der Waals surface area (Å²) in [6.45, 7) is 6.10. The van der Waals surface area contributed by atoms with Crippen molar-refractivity contribution in [1.82, 2.24) is 24.6 Å². The Hall–Kier alpha value is -3.98. The summed E-state index contributed by atoms with van der Waals surface area (Å²) in [5, 5.41) is 5.86. The summed E-state index contributed by atoms with van der Waals surface area (Å²) in [7, 11) is 1.62. The lowest BCUT2D eigenvalue weighted by atomic mass is 9.99. The quantitative estimate of drug-likeness (QED) is 0.400. The van der Waals surface area contributed by atoms with Crippen molar-refractivity contribution in [3.63, 3.8) is 0 Å². The predicted octanol–water partition coefficient (Wildman–Crippen LogP) is 3.99. The Kier molecular flexibility index (Phi) is 6.68. The van der Waals surface area contributed by atoms with Crippen molar-refractivity contribution in [2.45, 2.75) is 25.7 Å². The molecule has 38 heavy (non-hydrogen) atoms. The van der Waals surface area contributed by atoms with Crippen LogP contribution in [0.2, 0.25) is 0 Å². The van der Waals surface area contributed by atoms with Crippen LogP contribution in [0.1, 0.15) is 40.6 Å². The zero-order valence-electron chi connectivity index (χ0n) is 21.8. The van der Waals surface area contributed by atoms with E-state index in [1.165, 1.54) is 0 Å². The van der Waals surface area contributed by atoms with Crippen molar-refractivity contribution in [3.05, 3.63) is 71.7 Å². The van der Waals surface area contributed by atoms with Crippen LogP contribution < -0.4 is 9.64 Å². The van der Waals surface area contributed by atoms with Gasteiger partial charge in [-0.05, 0) is 56.2 Å². The number of rotatable bonds is 5. The minimum absolute atomic E-state index is 0.0381. The number of carbonyl (C=O) groups excluding carboxylic acids is 1. The number of anilines is 1. The van der Waals surface area contributed by atoms with E-state index in [4.69, 9.17) is 24.5 Å². The van der Waals surface area contributed by atoms with Gasteiger partial charge in [-0.25, -0.2) is 14.6 Å². The lowest BCUT2D eigenvalue weighted by molar-refractivity contribution is 0.0746. The number of carbonyl (C=O) groups is 1. The van der Waals surface area contributed by atoms with E-state index in [0.29, 0.717) is 31.7 Å². The van der Waals surface area contributed by atoms with Crippen molar-refractivity contribution >= 4 is 22.8 Å². The van der Waals surface area contributed by atoms with Crippen LogP contribution >= 0.6 is 0 Å². The number of piperazine rings is 1. The lowest BCUT2D eigenvalue weighted by Crippen LogP contribution is -2.49. The summed E-state index contributed by atoms with van der Waals surface area (Å²) in [6.07, 6.45) is 1.82. The fourth-order valence-corrected chi connectivity index (χ4v) is 5.33. The van der Waals surface area contributed by atoms with Crippen LogP contribution in [-0.2, 0) is 4.74 Å². The van der Waals surface area contributed by atoms with Crippen LogP contribution in [0.4, 0.5) is 5.82 Å². The minimum Gasteiger partial charge on any atom is -0.497 e. The van der Waals surface area contributed by atoms with E-state index in [1.807, 2.05) is 71.1 Å². The summed E-state index contributed by atoms with van der Waals surface area (Å²) < 4.78 is 12.8. The van der Waals surface area contributed by atoms with Gasteiger partial charge in [0.05, 0.1) is 23.9 Å². The zero-order valence-corrected chi connectivity index (χ0v) is 21.8. The average Bonchev–Trinajstić information content (AvgIpc) is 3.33. The molecule has 0 spiro atoms. The van der Waals surface area contributed by atoms with Gasteiger partial charge in [-0.3, -0.25) is 4.79 Å². The molecule has 2 aliphatic rings. The molecule has 1 amide bonds. The topological polar surface area (TPSA) is 85.6 Å². The number of ether oxygens (including phenoxy) is 2. The first-order chi connectivity index (χ1) is 18.6. The number of aromatic nitrogens is 4. The molecule has 9 heteroatoms. The molecule has 2 aliphatic heterocycles. The number of para-hydroxylation sites is 1. The van der Waals surface area contributed by atoms with Crippen molar-refractivity contribution < 1.29 is 14.3 Å². The van der Waals surface area contributed by atoms with Gasteiger partial charge in [-0.15, -0.1) is 0 Å². The Morgan fingerprint density at radius 2 is 1.66 bits per heavy atom. The molecule has 2 aromatic heterocycles. The molecule has 0 bridgehead atoms. The molecule has 4 aromatic rings. The van der Waals surface area contributed by atoms with E-state index in [-0.39, 0.29) is 11.8 Å². The Labute approximate surface area is 222 Å². The van der Waals surface area contributed by atoms with E-state index in [2.05, 4.69) is 4.90 Å². The second kappa shape index (κ2) is 10.4. The van der Waals surface area contributed by atoms with Crippen molar-refractivity contribution in [2.75, 3.05) is 51.4 Å². The summed E-state index contributed by atoms with van der Waals surface area (Å²) in [6, 6.07) is 17.4. The molecule has 0 radical (unpaired) electrons. The number of aryl methyl sites for hydroxylation is 1. The Balaban J connectivity index is 1.32. The highest BCUT2D eigenvalue weighted by Gasteiger charge is 2.29. The summed E-state index contributed by atoms with van der Waals surface area (Å²) in [4.78, 5) is 27.6. The van der Waals surface area contributed by atoms with Gasteiger partial charge in [-0.2, -0.15) is 5.10 Å². The second-order valence-electron chi connectivity index (χ2n) is 9.83. The monoisotopic (exact) mass is 512 g/mol. The van der Waals surface area contributed by atoms with Crippen LogP contribution in [0.25, 0.3) is 16.7 Å². The molecule has 9 nitrogen and oxygen atoms in total. The molecule has 0 atom stereocenters. The van der Waals surface area contributed by atoms with Gasteiger partial charge >= 0.3 is 0 Å². The van der Waals surface area contributed by atoms with Crippen molar-refractivity contribution in [3.8, 4) is 11.4 Å². The van der Waals surface area contributed by atoms with Crippen LogP contribution in [0.3, 0.4) is 0 Å². The third-order valence-corrected chi connectivity index (χ3v) is 7.49. The summed E-state index contributed by atoms with van der Waals surface area (Å²) >= 11 is 0. The summed E-state index contributed by atoms with van der Waals surface area (Å²) in [5.41, 5.74) is 3.37. The first kappa shape index (κ1) is 24.4. The van der Waals surface area contributed by atoms with Gasteiger partial charge in [-0.1, -0.05) is 18.2 Å². The van der Waals surface area contributed by atoms with E-state index < -0.39 is 0 Å². The SMILES string of the molecule is COc1ccc(C(=O)N2CCN(c3nc(C4CCOCC4)nc4c3c(C)nn4-c3ccccc3)CC2)cc1. The van der Waals surface area contributed by atoms with Gasteiger partial charge in [0.2, 0.25) is 0 Å². The molecule has 2 fully saturated rings. The van der Waals surface area contributed by atoms with Gasteiger partial charge in [0, 0.05) is 50.9 Å². The molecular formula is C29H32N6O3. The number of amides is 1. The number of fused-ring (bicyclic) bond motifs is 1. The molecule has 0 saturated carbocycles. The fourth-order valence-electron chi connectivity index (χ4n) is 5.33. The third kappa shape index (κ3) is 4.58. The standard InChI is InChI=1S/C29H32N6O3/c1-20-25-27(33-14-16-34(17-15-33)29(36)22-8-10-24(37-2)11-9-22)30-26(21-12-18-38-19-13-21)31-28(25)35(32-20)23-6-4-3-5-7-23/h3-11,21H,12-19H2,1-2H3. The average molecular weight is 513 g/mol. The maximum absolute atomic E-state index is 13.1. The lowest BCUT2D eigenvalue weighted by Gasteiger charge is -2.36. The largest absolute Gasteiger partial charge is 0.497 e. The molecule has 0 aliphatic carbocycles. The minimum atomic E-state index is 0.0381. The van der Waals surface area contributed by atoms with Gasteiger partial charge in [0.1, 0.15) is 17.4 Å². The van der Waals surface area contributed by atoms with Crippen molar-refractivity contribution in [1.29, 1.82) is 0 Å². The zero-order chi connectivity index (χ0) is 26.1. The first-order valence-corrected chi connectivity index (χ1v) is 13.2. The second-order valence-corrected chi connectivity index (χ2v) is 9.83. The Morgan fingerprint density at radius 3 is 2.34 bits per heavy atom. The predicted molar refractivity (Wildman–Crippen MR) is 145 cm³/mol.